The number of hydrogen-bond acceptors (Lipinski definition) is 4. The van der Waals surface area contributed by atoms with E-state index in [0.717, 1.165) is 17.5 Å². The molecule has 1 unspecified atom stereocenters. The maximum atomic E-state index is 12.4. The fourth-order valence-corrected chi connectivity index (χ4v) is 3.31. The van der Waals surface area contributed by atoms with Gasteiger partial charge < -0.3 is 10.1 Å². The molecule has 1 saturated heterocycles. The molecular formula is C13H14N2O3S2. The Kier molecular flexibility index (Phi) is 4.29. The minimum atomic E-state index is -1.04. The van der Waals surface area contributed by atoms with Gasteiger partial charge in [0, 0.05) is 11.9 Å². The number of carbonyl (C=O) groups excluding carboxylic acids is 1. The highest BCUT2D eigenvalue weighted by Crippen LogP contribution is 2.35. The van der Waals surface area contributed by atoms with Crippen molar-refractivity contribution in [1.29, 1.82) is 0 Å². The van der Waals surface area contributed by atoms with E-state index in [-0.39, 0.29) is 16.1 Å². The summed E-state index contributed by atoms with van der Waals surface area (Å²) in [7, 11) is 0. The summed E-state index contributed by atoms with van der Waals surface area (Å²) >= 11 is 6.29. The Morgan fingerprint density at radius 1 is 1.55 bits per heavy atom. The number of carboxylic acids is 1. The Morgan fingerprint density at radius 3 is 2.75 bits per heavy atom. The Bertz CT molecular complexity index is 578. The van der Waals surface area contributed by atoms with E-state index < -0.39 is 12.0 Å². The van der Waals surface area contributed by atoms with Gasteiger partial charge in [0.1, 0.15) is 10.4 Å². The van der Waals surface area contributed by atoms with Gasteiger partial charge in [-0.25, -0.2) is 4.79 Å². The Morgan fingerprint density at radius 2 is 2.25 bits per heavy atom. The van der Waals surface area contributed by atoms with Crippen LogP contribution in [0.5, 0.6) is 0 Å². The molecule has 1 aliphatic heterocycles. The smallest absolute Gasteiger partial charge is 0.327 e. The summed E-state index contributed by atoms with van der Waals surface area (Å²) in [6.07, 6.45) is 3.43. The Labute approximate surface area is 126 Å². The third kappa shape index (κ3) is 2.78. The SMILES string of the molecule is CC(C)C(C(=O)O)N1C(=O)/C(=C\c2ccc[nH]2)SC1=S. The number of carbonyl (C=O) groups is 2. The van der Waals surface area contributed by atoms with Gasteiger partial charge in [-0.15, -0.1) is 0 Å². The molecule has 20 heavy (non-hydrogen) atoms. The predicted octanol–water partition coefficient (Wildman–Crippen LogP) is 2.33. The number of rotatable bonds is 4. The number of aliphatic carboxylic acids is 1. The van der Waals surface area contributed by atoms with E-state index in [0.29, 0.717) is 4.91 Å². The maximum absolute atomic E-state index is 12.4. The number of thioether (sulfide) groups is 1. The zero-order chi connectivity index (χ0) is 14.9. The lowest BCUT2D eigenvalue weighted by Gasteiger charge is -2.26. The second kappa shape index (κ2) is 5.80. The van der Waals surface area contributed by atoms with Crippen molar-refractivity contribution < 1.29 is 14.7 Å². The number of aromatic amines is 1. The van der Waals surface area contributed by atoms with Crippen molar-refractivity contribution in [3.8, 4) is 0 Å². The van der Waals surface area contributed by atoms with Gasteiger partial charge in [0.15, 0.2) is 0 Å². The minimum Gasteiger partial charge on any atom is -0.480 e. The van der Waals surface area contributed by atoms with Crippen LogP contribution >= 0.6 is 24.0 Å². The van der Waals surface area contributed by atoms with E-state index in [9.17, 15) is 14.7 Å². The standard InChI is InChI=1S/C13H14N2O3S2/c1-7(2)10(12(17)18)15-11(16)9(20-13(15)19)6-8-4-3-5-14-8/h3-7,10,14H,1-2H3,(H,17,18)/b9-6+. The molecule has 0 saturated carbocycles. The maximum Gasteiger partial charge on any atom is 0.327 e. The monoisotopic (exact) mass is 310 g/mol. The first-order valence-electron chi connectivity index (χ1n) is 6.05. The molecule has 1 fully saturated rings. The normalized spacial score (nSPS) is 19.1. The largest absolute Gasteiger partial charge is 0.480 e. The molecule has 106 valence electrons. The lowest BCUT2D eigenvalue weighted by Crippen LogP contribution is -2.47. The summed E-state index contributed by atoms with van der Waals surface area (Å²) in [4.78, 5) is 28.3. The first kappa shape index (κ1) is 14.8. The number of thiocarbonyl (C=S) groups is 1. The highest BCUT2D eigenvalue weighted by molar-refractivity contribution is 8.26. The summed E-state index contributed by atoms with van der Waals surface area (Å²) in [5, 5.41) is 9.29. The van der Waals surface area contributed by atoms with Crippen molar-refractivity contribution in [2.45, 2.75) is 19.9 Å². The number of nitrogens with one attached hydrogen (secondary N) is 1. The highest BCUT2D eigenvalue weighted by atomic mass is 32.2. The molecule has 2 N–H and O–H groups in total. The van der Waals surface area contributed by atoms with Crippen molar-refractivity contribution in [1.82, 2.24) is 9.88 Å². The van der Waals surface area contributed by atoms with E-state index in [1.54, 1.807) is 26.1 Å². The molecule has 1 aromatic heterocycles. The van der Waals surface area contributed by atoms with Crippen LogP contribution in [-0.4, -0.2) is 37.2 Å². The molecule has 2 rings (SSSR count). The van der Waals surface area contributed by atoms with Crippen molar-refractivity contribution in [3.63, 3.8) is 0 Å². The average Bonchev–Trinajstić information content (AvgIpc) is 2.93. The first-order valence-corrected chi connectivity index (χ1v) is 7.27. The summed E-state index contributed by atoms with van der Waals surface area (Å²) in [6, 6.07) is 2.71. The van der Waals surface area contributed by atoms with Crippen LogP contribution in [0.25, 0.3) is 6.08 Å². The molecular weight excluding hydrogens is 296 g/mol. The summed E-state index contributed by atoms with van der Waals surface area (Å²) in [5.41, 5.74) is 0.780. The van der Waals surface area contributed by atoms with Crippen LogP contribution in [0.3, 0.4) is 0 Å². The number of amides is 1. The highest BCUT2D eigenvalue weighted by Gasteiger charge is 2.41. The van der Waals surface area contributed by atoms with Gasteiger partial charge in [0.2, 0.25) is 0 Å². The van der Waals surface area contributed by atoms with Crippen molar-refractivity contribution in [2.24, 2.45) is 5.92 Å². The summed E-state index contributed by atoms with van der Waals surface area (Å²) in [5.74, 6) is -1.62. The third-order valence-corrected chi connectivity index (χ3v) is 4.23. The molecule has 0 aromatic carbocycles. The number of aromatic nitrogens is 1. The van der Waals surface area contributed by atoms with E-state index in [2.05, 4.69) is 4.98 Å². The topological polar surface area (TPSA) is 73.4 Å². The molecule has 0 aliphatic carbocycles. The van der Waals surface area contributed by atoms with E-state index >= 15 is 0 Å². The lowest BCUT2D eigenvalue weighted by atomic mass is 10.0. The number of hydrogen-bond donors (Lipinski definition) is 2. The zero-order valence-electron chi connectivity index (χ0n) is 11.0. The fourth-order valence-electron chi connectivity index (χ4n) is 1.99. The molecule has 0 radical (unpaired) electrons. The van der Waals surface area contributed by atoms with Crippen molar-refractivity contribution in [2.75, 3.05) is 0 Å². The summed E-state index contributed by atoms with van der Waals surface area (Å²) < 4.78 is 0.286. The van der Waals surface area contributed by atoms with Gasteiger partial charge in [0.25, 0.3) is 5.91 Å². The van der Waals surface area contributed by atoms with E-state index in [4.69, 9.17) is 12.2 Å². The number of nitrogens with zero attached hydrogens (tertiary/aromatic N) is 1. The van der Waals surface area contributed by atoms with Gasteiger partial charge in [-0.1, -0.05) is 37.8 Å². The number of H-pyrrole nitrogens is 1. The Hall–Kier alpha value is -1.60. The van der Waals surface area contributed by atoms with Gasteiger partial charge in [-0.05, 0) is 24.1 Å². The molecule has 0 bridgehead atoms. The van der Waals surface area contributed by atoms with E-state index in [1.807, 2.05) is 12.1 Å². The molecule has 1 atom stereocenters. The van der Waals surface area contributed by atoms with Crippen LogP contribution in [-0.2, 0) is 9.59 Å². The first-order chi connectivity index (χ1) is 9.41. The van der Waals surface area contributed by atoms with Gasteiger partial charge in [-0.2, -0.15) is 0 Å². The van der Waals surface area contributed by atoms with Gasteiger partial charge in [0.05, 0.1) is 4.91 Å². The molecule has 0 spiro atoms. The van der Waals surface area contributed by atoms with Crippen LogP contribution in [0, 0.1) is 5.92 Å². The van der Waals surface area contributed by atoms with Crippen molar-refractivity contribution >= 4 is 46.3 Å². The van der Waals surface area contributed by atoms with Gasteiger partial charge >= 0.3 is 5.97 Å². The number of carboxylic acid groups (broad SMARTS) is 1. The Balaban J connectivity index is 2.31. The van der Waals surface area contributed by atoms with Crippen LogP contribution in [0.1, 0.15) is 19.5 Å². The van der Waals surface area contributed by atoms with Crippen LogP contribution < -0.4 is 0 Å². The van der Waals surface area contributed by atoms with Crippen LogP contribution in [0.15, 0.2) is 23.2 Å². The molecule has 7 heteroatoms. The van der Waals surface area contributed by atoms with Crippen LogP contribution in [0.4, 0.5) is 0 Å². The lowest BCUT2D eigenvalue weighted by molar-refractivity contribution is -0.146. The average molecular weight is 310 g/mol. The molecule has 5 nitrogen and oxygen atoms in total. The minimum absolute atomic E-state index is 0.222. The second-order valence-corrected chi connectivity index (χ2v) is 6.38. The fraction of sp³-hybridized carbons (Fsp3) is 0.308. The van der Waals surface area contributed by atoms with Gasteiger partial charge in [-0.3, -0.25) is 9.69 Å². The summed E-state index contributed by atoms with van der Waals surface area (Å²) in [6.45, 7) is 3.51. The molecule has 1 aliphatic rings. The van der Waals surface area contributed by atoms with Crippen molar-refractivity contribution in [3.05, 3.63) is 28.9 Å². The zero-order valence-corrected chi connectivity index (χ0v) is 12.6. The predicted molar refractivity (Wildman–Crippen MR) is 82.1 cm³/mol. The quantitative estimate of drug-likeness (QED) is 0.659. The molecule has 1 amide bonds. The third-order valence-electron chi connectivity index (χ3n) is 2.89. The molecule has 1 aromatic rings. The molecule has 2 heterocycles. The van der Waals surface area contributed by atoms with Crippen LogP contribution in [0.2, 0.25) is 0 Å². The second-order valence-electron chi connectivity index (χ2n) is 4.70. The van der Waals surface area contributed by atoms with E-state index in [1.165, 1.54) is 4.90 Å².